The average molecular weight is 257 g/mol. The molecule has 0 amide bonds. The van der Waals surface area contributed by atoms with Crippen LogP contribution in [-0.2, 0) is 0 Å². The SMILES string of the molecule is CCOc1cc(C)cc(OC(CC)CC)c1Cl. The minimum absolute atomic E-state index is 0.212. The molecule has 0 aliphatic rings. The smallest absolute Gasteiger partial charge is 0.142 e. The highest BCUT2D eigenvalue weighted by Gasteiger charge is 2.13. The van der Waals surface area contributed by atoms with Crippen molar-refractivity contribution in [2.75, 3.05) is 6.61 Å². The van der Waals surface area contributed by atoms with E-state index >= 15 is 0 Å². The molecule has 1 aromatic carbocycles. The molecule has 0 N–H and O–H groups in total. The molecule has 0 heterocycles. The van der Waals surface area contributed by atoms with Gasteiger partial charge in [0.2, 0.25) is 0 Å². The van der Waals surface area contributed by atoms with Gasteiger partial charge in [0.15, 0.2) is 0 Å². The summed E-state index contributed by atoms with van der Waals surface area (Å²) in [6.45, 7) is 8.79. The number of ether oxygens (including phenoxy) is 2. The van der Waals surface area contributed by atoms with E-state index in [0.717, 1.165) is 24.2 Å². The fourth-order valence-corrected chi connectivity index (χ4v) is 1.89. The van der Waals surface area contributed by atoms with Crippen molar-refractivity contribution >= 4 is 11.6 Å². The van der Waals surface area contributed by atoms with Crippen LogP contribution in [0.3, 0.4) is 0 Å². The van der Waals surface area contributed by atoms with Gasteiger partial charge in [0.25, 0.3) is 0 Å². The van der Waals surface area contributed by atoms with Gasteiger partial charge in [-0.1, -0.05) is 25.4 Å². The van der Waals surface area contributed by atoms with Gasteiger partial charge in [0, 0.05) is 0 Å². The van der Waals surface area contributed by atoms with Crippen LogP contribution in [-0.4, -0.2) is 12.7 Å². The number of hydrogen-bond donors (Lipinski definition) is 0. The molecular weight excluding hydrogens is 236 g/mol. The Morgan fingerprint density at radius 1 is 1.12 bits per heavy atom. The molecule has 2 nitrogen and oxygen atoms in total. The first kappa shape index (κ1) is 14.2. The van der Waals surface area contributed by atoms with Crippen molar-refractivity contribution in [3.63, 3.8) is 0 Å². The summed E-state index contributed by atoms with van der Waals surface area (Å²) in [7, 11) is 0. The maximum Gasteiger partial charge on any atom is 0.142 e. The van der Waals surface area contributed by atoms with Gasteiger partial charge in [0.05, 0.1) is 12.7 Å². The summed E-state index contributed by atoms with van der Waals surface area (Å²) in [4.78, 5) is 0. The van der Waals surface area contributed by atoms with E-state index in [1.807, 2.05) is 26.0 Å². The number of hydrogen-bond acceptors (Lipinski definition) is 2. The Balaban J connectivity index is 2.98. The van der Waals surface area contributed by atoms with E-state index in [0.29, 0.717) is 17.4 Å². The maximum atomic E-state index is 6.27. The molecule has 1 aromatic rings. The predicted molar refractivity (Wildman–Crippen MR) is 72.4 cm³/mol. The lowest BCUT2D eigenvalue weighted by atomic mass is 10.2. The Bertz CT molecular complexity index is 359. The van der Waals surface area contributed by atoms with Crippen LogP contribution in [0.5, 0.6) is 11.5 Å². The van der Waals surface area contributed by atoms with Gasteiger partial charge in [-0.25, -0.2) is 0 Å². The van der Waals surface area contributed by atoms with Crippen molar-refractivity contribution in [2.45, 2.75) is 46.6 Å². The van der Waals surface area contributed by atoms with E-state index in [1.165, 1.54) is 0 Å². The van der Waals surface area contributed by atoms with E-state index in [4.69, 9.17) is 21.1 Å². The zero-order valence-corrected chi connectivity index (χ0v) is 11.8. The topological polar surface area (TPSA) is 18.5 Å². The largest absolute Gasteiger partial charge is 0.492 e. The van der Waals surface area contributed by atoms with Crippen LogP contribution in [0.2, 0.25) is 5.02 Å². The lowest BCUT2D eigenvalue weighted by Crippen LogP contribution is -2.14. The maximum absolute atomic E-state index is 6.27. The van der Waals surface area contributed by atoms with Gasteiger partial charge in [-0.05, 0) is 44.4 Å². The molecule has 0 fully saturated rings. The second-order valence-corrected chi connectivity index (χ2v) is 4.44. The number of benzene rings is 1. The molecule has 17 heavy (non-hydrogen) atoms. The molecule has 0 saturated heterocycles. The number of halogens is 1. The fraction of sp³-hybridized carbons (Fsp3) is 0.571. The highest BCUT2D eigenvalue weighted by Crippen LogP contribution is 2.36. The van der Waals surface area contributed by atoms with Crippen molar-refractivity contribution in [1.82, 2.24) is 0 Å². The Morgan fingerprint density at radius 2 is 1.71 bits per heavy atom. The molecule has 0 aliphatic carbocycles. The minimum Gasteiger partial charge on any atom is -0.492 e. The van der Waals surface area contributed by atoms with Gasteiger partial charge in [-0.3, -0.25) is 0 Å². The van der Waals surface area contributed by atoms with E-state index < -0.39 is 0 Å². The third-order valence-electron chi connectivity index (χ3n) is 2.65. The Labute approximate surface area is 109 Å². The number of aryl methyl sites for hydroxylation is 1. The zero-order valence-electron chi connectivity index (χ0n) is 11.0. The van der Waals surface area contributed by atoms with Crippen LogP contribution in [0, 0.1) is 6.92 Å². The van der Waals surface area contributed by atoms with Gasteiger partial charge in [-0.15, -0.1) is 0 Å². The summed E-state index contributed by atoms with van der Waals surface area (Å²) in [6.07, 6.45) is 2.17. The van der Waals surface area contributed by atoms with E-state index in [1.54, 1.807) is 0 Å². The van der Waals surface area contributed by atoms with Crippen molar-refractivity contribution in [1.29, 1.82) is 0 Å². The summed E-state index contributed by atoms with van der Waals surface area (Å²) in [5.74, 6) is 1.43. The molecule has 0 atom stereocenters. The van der Waals surface area contributed by atoms with Crippen molar-refractivity contribution in [2.24, 2.45) is 0 Å². The van der Waals surface area contributed by atoms with Crippen LogP contribution in [0.25, 0.3) is 0 Å². The highest BCUT2D eigenvalue weighted by molar-refractivity contribution is 6.33. The van der Waals surface area contributed by atoms with Crippen LogP contribution in [0.1, 0.15) is 39.2 Å². The van der Waals surface area contributed by atoms with Gasteiger partial charge >= 0.3 is 0 Å². The zero-order chi connectivity index (χ0) is 12.8. The fourth-order valence-electron chi connectivity index (χ4n) is 1.68. The average Bonchev–Trinajstić information content (AvgIpc) is 2.31. The van der Waals surface area contributed by atoms with E-state index in [-0.39, 0.29) is 6.10 Å². The second kappa shape index (κ2) is 6.75. The molecule has 3 heteroatoms. The molecule has 0 radical (unpaired) electrons. The Kier molecular flexibility index (Phi) is 5.63. The first-order valence-electron chi connectivity index (χ1n) is 6.21. The van der Waals surface area contributed by atoms with E-state index in [2.05, 4.69) is 13.8 Å². The van der Waals surface area contributed by atoms with Gasteiger partial charge in [0.1, 0.15) is 16.5 Å². The summed E-state index contributed by atoms with van der Waals surface area (Å²) >= 11 is 6.27. The second-order valence-electron chi connectivity index (χ2n) is 4.06. The summed E-state index contributed by atoms with van der Waals surface area (Å²) < 4.78 is 11.4. The summed E-state index contributed by atoms with van der Waals surface area (Å²) in [5.41, 5.74) is 1.10. The van der Waals surface area contributed by atoms with Crippen LogP contribution in [0.15, 0.2) is 12.1 Å². The third-order valence-corrected chi connectivity index (χ3v) is 3.03. The van der Waals surface area contributed by atoms with Crippen LogP contribution < -0.4 is 9.47 Å². The summed E-state index contributed by atoms with van der Waals surface area (Å²) in [5, 5.41) is 0.573. The molecule has 0 aromatic heterocycles. The normalized spacial score (nSPS) is 10.7. The van der Waals surface area contributed by atoms with Gasteiger partial charge in [-0.2, -0.15) is 0 Å². The number of rotatable bonds is 6. The van der Waals surface area contributed by atoms with Crippen molar-refractivity contribution < 1.29 is 9.47 Å². The van der Waals surface area contributed by atoms with E-state index in [9.17, 15) is 0 Å². The van der Waals surface area contributed by atoms with Crippen LogP contribution >= 0.6 is 11.6 Å². The first-order chi connectivity index (χ1) is 8.12. The molecule has 0 bridgehead atoms. The monoisotopic (exact) mass is 256 g/mol. The third kappa shape index (κ3) is 3.81. The van der Waals surface area contributed by atoms with Crippen molar-refractivity contribution in [3.05, 3.63) is 22.7 Å². The molecule has 0 saturated carbocycles. The molecule has 1 rings (SSSR count). The molecule has 96 valence electrons. The quantitative estimate of drug-likeness (QED) is 0.740. The van der Waals surface area contributed by atoms with Crippen LogP contribution in [0.4, 0.5) is 0 Å². The molecule has 0 aliphatic heterocycles. The first-order valence-corrected chi connectivity index (χ1v) is 6.59. The van der Waals surface area contributed by atoms with Crippen molar-refractivity contribution in [3.8, 4) is 11.5 Å². The predicted octanol–water partition coefficient (Wildman–Crippen LogP) is 4.61. The summed E-state index contributed by atoms with van der Waals surface area (Å²) in [6, 6.07) is 3.90. The Morgan fingerprint density at radius 3 is 2.24 bits per heavy atom. The lowest BCUT2D eigenvalue weighted by molar-refractivity contribution is 0.192. The Hall–Kier alpha value is -0.890. The highest BCUT2D eigenvalue weighted by atomic mass is 35.5. The minimum atomic E-state index is 0.212. The molecular formula is C14H21ClO2. The molecule has 0 spiro atoms. The molecule has 0 unspecified atom stereocenters. The standard InChI is InChI=1S/C14H21ClO2/c1-5-11(6-2)17-13-9-10(4)8-12(14(13)15)16-7-3/h8-9,11H,5-7H2,1-4H3. The van der Waals surface area contributed by atoms with Gasteiger partial charge < -0.3 is 9.47 Å². The lowest BCUT2D eigenvalue weighted by Gasteiger charge is -2.18.